The minimum atomic E-state index is 0.638. The van der Waals surface area contributed by atoms with Gasteiger partial charge in [-0.25, -0.2) is 4.98 Å². The molecule has 0 unspecified atom stereocenters. The fourth-order valence-electron chi connectivity index (χ4n) is 2.16. The standard InChI is InChI=1S/C16H17N3/c1-11-5-12(2)7-15(6-11)19(4)16-9-14(10-17)8-13(3)18-16/h5-9H,1-4H3. The topological polar surface area (TPSA) is 39.9 Å². The SMILES string of the molecule is Cc1cc(C)cc(N(C)c2cc(C#N)cc(C)n2)c1. The highest BCUT2D eigenvalue weighted by Gasteiger charge is 2.08. The van der Waals surface area contributed by atoms with Crippen molar-refractivity contribution in [1.82, 2.24) is 4.98 Å². The fraction of sp³-hybridized carbons (Fsp3) is 0.250. The molecule has 0 atom stereocenters. The summed E-state index contributed by atoms with van der Waals surface area (Å²) in [7, 11) is 1.97. The lowest BCUT2D eigenvalue weighted by atomic mass is 10.1. The molecule has 0 spiro atoms. The summed E-state index contributed by atoms with van der Waals surface area (Å²) in [5.74, 6) is 0.793. The van der Waals surface area contributed by atoms with E-state index in [0.717, 1.165) is 17.2 Å². The minimum absolute atomic E-state index is 0.638. The monoisotopic (exact) mass is 251 g/mol. The summed E-state index contributed by atoms with van der Waals surface area (Å²) in [4.78, 5) is 6.50. The Kier molecular flexibility index (Phi) is 3.52. The van der Waals surface area contributed by atoms with Crippen LogP contribution >= 0.6 is 0 Å². The number of aromatic nitrogens is 1. The predicted molar refractivity (Wildman–Crippen MR) is 77.7 cm³/mol. The molecule has 0 aliphatic heterocycles. The van der Waals surface area contributed by atoms with Crippen molar-refractivity contribution in [3.05, 3.63) is 52.7 Å². The van der Waals surface area contributed by atoms with E-state index in [4.69, 9.17) is 5.26 Å². The third-order valence-corrected chi connectivity index (χ3v) is 3.01. The molecular formula is C16H17N3. The van der Waals surface area contributed by atoms with Crippen molar-refractivity contribution in [3.8, 4) is 6.07 Å². The zero-order valence-corrected chi connectivity index (χ0v) is 11.7. The van der Waals surface area contributed by atoms with Crippen LogP contribution in [0.5, 0.6) is 0 Å². The quantitative estimate of drug-likeness (QED) is 0.818. The Hall–Kier alpha value is -2.34. The average Bonchev–Trinajstić information content (AvgIpc) is 2.35. The van der Waals surface area contributed by atoms with Crippen LogP contribution in [0.15, 0.2) is 30.3 Å². The summed E-state index contributed by atoms with van der Waals surface area (Å²) in [5.41, 5.74) is 5.01. The molecule has 3 nitrogen and oxygen atoms in total. The highest BCUT2D eigenvalue weighted by molar-refractivity contribution is 5.62. The summed E-state index contributed by atoms with van der Waals surface area (Å²) >= 11 is 0. The molecule has 1 heterocycles. The van der Waals surface area contributed by atoms with E-state index < -0.39 is 0 Å². The first-order valence-electron chi connectivity index (χ1n) is 6.20. The summed E-state index contributed by atoms with van der Waals surface area (Å²) < 4.78 is 0. The summed E-state index contributed by atoms with van der Waals surface area (Å²) in [6.45, 7) is 6.06. The van der Waals surface area contributed by atoms with Gasteiger partial charge in [-0.05, 0) is 56.2 Å². The van der Waals surface area contributed by atoms with E-state index in [-0.39, 0.29) is 0 Å². The van der Waals surface area contributed by atoms with Gasteiger partial charge in [-0.3, -0.25) is 0 Å². The number of pyridine rings is 1. The molecule has 2 aromatic rings. The third-order valence-electron chi connectivity index (χ3n) is 3.01. The fourth-order valence-corrected chi connectivity index (χ4v) is 2.16. The lowest BCUT2D eigenvalue weighted by Gasteiger charge is -2.20. The summed E-state index contributed by atoms with van der Waals surface area (Å²) in [5, 5.41) is 9.03. The molecule has 3 heteroatoms. The van der Waals surface area contributed by atoms with Crippen molar-refractivity contribution in [2.75, 3.05) is 11.9 Å². The number of nitriles is 1. The van der Waals surface area contributed by atoms with E-state index in [0.29, 0.717) is 5.56 Å². The smallest absolute Gasteiger partial charge is 0.134 e. The molecule has 1 aromatic heterocycles. The van der Waals surface area contributed by atoms with Crippen LogP contribution in [-0.2, 0) is 0 Å². The number of benzene rings is 1. The highest BCUT2D eigenvalue weighted by atomic mass is 15.2. The van der Waals surface area contributed by atoms with Crippen molar-refractivity contribution in [3.63, 3.8) is 0 Å². The Morgan fingerprint density at radius 1 is 1.00 bits per heavy atom. The van der Waals surface area contributed by atoms with Crippen LogP contribution in [-0.4, -0.2) is 12.0 Å². The van der Waals surface area contributed by atoms with Gasteiger partial charge in [0.25, 0.3) is 0 Å². The Morgan fingerprint density at radius 2 is 1.63 bits per heavy atom. The molecular weight excluding hydrogens is 234 g/mol. The molecule has 0 bridgehead atoms. The van der Waals surface area contributed by atoms with Crippen LogP contribution in [0.1, 0.15) is 22.4 Å². The van der Waals surface area contributed by atoms with Gasteiger partial charge in [-0.15, -0.1) is 0 Å². The second kappa shape index (κ2) is 5.11. The molecule has 0 N–H and O–H groups in total. The van der Waals surface area contributed by atoms with Crippen LogP contribution in [0.2, 0.25) is 0 Å². The zero-order chi connectivity index (χ0) is 14.0. The predicted octanol–water partition coefficient (Wildman–Crippen LogP) is 3.65. The number of nitrogens with zero attached hydrogens (tertiary/aromatic N) is 3. The molecule has 0 fully saturated rings. The number of hydrogen-bond acceptors (Lipinski definition) is 3. The van der Waals surface area contributed by atoms with Gasteiger partial charge in [0.2, 0.25) is 0 Å². The second-order valence-electron chi connectivity index (χ2n) is 4.87. The molecule has 96 valence electrons. The van der Waals surface area contributed by atoms with E-state index in [1.807, 2.05) is 24.9 Å². The van der Waals surface area contributed by atoms with Crippen molar-refractivity contribution in [1.29, 1.82) is 5.26 Å². The van der Waals surface area contributed by atoms with Crippen molar-refractivity contribution < 1.29 is 0 Å². The minimum Gasteiger partial charge on any atom is -0.329 e. The number of anilines is 2. The highest BCUT2D eigenvalue weighted by Crippen LogP contribution is 2.25. The van der Waals surface area contributed by atoms with Gasteiger partial charge in [0.1, 0.15) is 5.82 Å². The first-order chi connectivity index (χ1) is 8.99. The van der Waals surface area contributed by atoms with Crippen LogP contribution in [0, 0.1) is 32.1 Å². The Balaban J connectivity index is 2.46. The maximum Gasteiger partial charge on any atom is 0.134 e. The summed E-state index contributed by atoms with van der Waals surface area (Å²) in [6, 6.07) is 12.1. The normalized spacial score (nSPS) is 10.1. The van der Waals surface area contributed by atoms with Crippen LogP contribution in [0.3, 0.4) is 0 Å². The first kappa shape index (κ1) is 13.1. The van der Waals surface area contributed by atoms with Gasteiger partial charge < -0.3 is 4.90 Å². The number of aryl methyl sites for hydroxylation is 3. The largest absolute Gasteiger partial charge is 0.329 e. The lowest BCUT2D eigenvalue weighted by molar-refractivity contribution is 1.08. The molecule has 2 rings (SSSR count). The molecule has 0 radical (unpaired) electrons. The molecule has 19 heavy (non-hydrogen) atoms. The van der Waals surface area contributed by atoms with Crippen molar-refractivity contribution in [2.45, 2.75) is 20.8 Å². The van der Waals surface area contributed by atoms with Gasteiger partial charge in [-0.1, -0.05) is 6.07 Å². The van der Waals surface area contributed by atoms with Gasteiger partial charge in [-0.2, -0.15) is 5.26 Å². The van der Waals surface area contributed by atoms with Crippen molar-refractivity contribution >= 4 is 11.5 Å². The molecule has 1 aromatic carbocycles. The van der Waals surface area contributed by atoms with Crippen LogP contribution < -0.4 is 4.90 Å². The Bertz CT molecular complexity index is 633. The molecule has 0 aliphatic carbocycles. The zero-order valence-electron chi connectivity index (χ0n) is 11.7. The van der Waals surface area contributed by atoms with E-state index in [1.165, 1.54) is 11.1 Å². The number of hydrogen-bond donors (Lipinski definition) is 0. The van der Waals surface area contributed by atoms with Gasteiger partial charge in [0.15, 0.2) is 0 Å². The van der Waals surface area contributed by atoms with Gasteiger partial charge in [0.05, 0.1) is 11.6 Å². The Labute approximate surface area is 114 Å². The maximum atomic E-state index is 9.03. The van der Waals surface area contributed by atoms with E-state index >= 15 is 0 Å². The number of rotatable bonds is 2. The van der Waals surface area contributed by atoms with Crippen LogP contribution in [0.4, 0.5) is 11.5 Å². The lowest BCUT2D eigenvalue weighted by Crippen LogP contribution is -2.12. The van der Waals surface area contributed by atoms with Crippen molar-refractivity contribution in [2.24, 2.45) is 0 Å². The van der Waals surface area contributed by atoms with E-state index in [2.05, 4.69) is 43.1 Å². The van der Waals surface area contributed by atoms with E-state index in [1.54, 1.807) is 6.07 Å². The molecule has 0 saturated carbocycles. The molecule has 0 aliphatic rings. The molecule has 0 amide bonds. The Morgan fingerprint density at radius 3 is 2.21 bits per heavy atom. The first-order valence-corrected chi connectivity index (χ1v) is 6.20. The van der Waals surface area contributed by atoms with Crippen LogP contribution in [0.25, 0.3) is 0 Å². The average molecular weight is 251 g/mol. The summed E-state index contributed by atoms with van der Waals surface area (Å²) in [6.07, 6.45) is 0. The van der Waals surface area contributed by atoms with Gasteiger partial charge in [0, 0.05) is 18.4 Å². The maximum absolute atomic E-state index is 9.03. The third kappa shape index (κ3) is 2.92. The van der Waals surface area contributed by atoms with E-state index in [9.17, 15) is 0 Å². The molecule has 0 saturated heterocycles. The second-order valence-corrected chi connectivity index (χ2v) is 4.87. The van der Waals surface area contributed by atoms with Gasteiger partial charge >= 0.3 is 0 Å².